The number of carbonyl (C=O) groups excluding carboxylic acids is 1. The Bertz CT molecular complexity index is 1040. The van der Waals surface area contributed by atoms with Crippen LogP contribution in [0, 0.1) is 12.3 Å². The molecule has 2 aliphatic rings. The maximum atomic E-state index is 13.4. The summed E-state index contributed by atoms with van der Waals surface area (Å²) in [7, 11) is -3.79. The van der Waals surface area contributed by atoms with Crippen molar-refractivity contribution in [3.8, 4) is 0 Å². The fourth-order valence-corrected chi connectivity index (χ4v) is 5.88. The highest BCUT2D eigenvalue weighted by Gasteiger charge is 2.47. The van der Waals surface area contributed by atoms with E-state index < -0.39 is 21.5 Å². The fourth-order valence-electron chi connectivity index (χ4n) is 4.39. The van der Waals surface area contributed by atoms with Gasteiger partial charge in [-0.2, -0.15) is 4.31 Å². The Hall–Kier alpha value is -2.28. The second kappa shape index (κ2) is 7.52. The maximum absolute atomic E-state index is 13.4. The van der Waals surface area contributed by atoms with Gasteiger partial charge in [-0.05, 0) is 38.3 Å². The molecule has 1 spiro atoms. The Morgan fingerprint density at radius 2 is 1.79 bits per heavy atom. The Morgan fingerprint density at radius 1 is 1.10 bits per heavy atom. The smallest absolute Gasteiger partial charge is 0.243 e. The fraction of sp³-hybridized carbons (Fsp3) is 0.348. The molecule has 1 aliphatic carbocycles. The van der Waals surface area contributed by atoms with Gasteiger partial charge in [0, 0.05) is 29.6 Å². The third-order valence-electron chi connectivity index (χ3n) is 6.05. The molecule has 0 bridgehead atoms. The van der Waals surface area contributed by atoms with Crippen LogP contribution in [0.4, 0.5) is 0 Å². The van der Waals surface area contributed by atoms with Crippen molar-refractivity contribution >= 4 is 15.8 Å². The number of rotatable bonds is 4. The predicted octanol–water partition coefficient (Wildman–Crippen LogP) is 3.34. The molecule has 1 N–H and O–H groups in total. The van der Waals surface area contributed by atoms with Crippen LogP contribution in [-0.2, 0) is 10.0 Å². The summed E-state index contributed by atoms with van der Waals surface area (Å²) >= 11 is 0. The molecule has 6 heteroatoms. The molecule has 0 radical (unpaired) electrons. The number of aryl methyl sites for hydroxylation is 1. The van der Waals surface area contributed by atoms with E-state index >= 15 is 0 Å². The van der Waals surface area contributed by atoms with Crippen molar-refractivity contribution < 1.29 is 18.3 Å². The Balaban J connectivity index is 1.75. The normalized spacial score (nSPS) is 25.2. The summed E-state index contributed by atoms with van der Waals surface area (Å²) < 4.78 is 28.1. The van der Waals surface area contributed by atoms with Gasteiger partial charge < -0.3 is 5.11 Å². The number of hydrogen-bond donors (Lipinski definition) is 1. The van der Waals surface area contributed by atoms with Crippen LogP contribution < -0.4 is 0 Å². The van der Waals surface area contributed by atoms with Gasteiger partial charge in [0.25, 0.3) is 0 Å². The minimum Gasteiger partial charge on any atom is -0.392 e. The van der Waals surface area contributed by atoms with Crippen molar-refractivity contribution in [3.05, 3.63) is 77.4 Å². The van der Waals surface area contributed by atoms with Crippen LogP contribution >= 0.6 is 0 Å². The minimum atomic E-state index is -3.79. The first-order valence-corrected chi connectivity index (χ1v) is 11.3. The number of aliphatic hydroxyl groups excluding tert-OH is 1. The lowest BCUT2D eigenvalue weighted by Crippen LogP contribution is -2.49. The summed E-state index contributed by atoms with van der Waals surface area (Å²) in [6, 6.07) is 15.6. The molecular weight excluding hydrogens is 386 g/mol. The summed E-state index contributed by atoms with van der Waals surface area (Å²) in [5.74, 6) is -0.187. The van der Waals surface area contributed by atoms with Crippen molar-refractivity contribution in [1.29, 1.82) is 0 Å². The third-order valence-corrected chi connectivity index (χ3v) is 7.85. The van der Waals surface area contributed by atoms with Gasteiger partial charge in [0.2, 0.25) is 10.0 Å². The van der Waals surface area contributed by atoms with E-state index in [1.807, 2.05) is 19.1 Å². The zero-order valence-electron chi connectivity index (χ0n) is 16.4. The standard InChI is InChI=1S/C23H25NO4S/c1-17-9-11-20(12-10-17)29(27,28)24-15-19(22(26)18-6-3-2-4-7-18)14-23(16-24)13-5-8-21(23)25/h2-4,6-7,9-12,14,21,25H,5,8,13,15-16H2,1H3. The van der Waals surface area contributed by atoms with Gasteiger partial charge in [-0.3, -0.25) is 4.79 Å². The molecule has 1 heterocycles. The van der Waals surface area contributed by atoms with Gasteiger partial charge in [-0.1, -0.05) is 54.1 Å². The van der Waals surface area contributed by atoms with E-state index in [-0.39, 0.29) is 23.8 Å². The average molecular weight is 412 g/mol. The van der Waals surface area contributed by atoms with Gasteiger partial charge in [0.05, 0.1) is 11.0 Å². The topological polar surface area (TPSA) is 74.7 Å². The number of aliphatic hydroxyl groups is 1. The number of carbonyl (C=O) groups is 1. The minimum absolute atomic E-state index is 0.0123. The molecule has 0 aromatic heterocycles. The first-order chi connectivity index (χ1) is 13.8. The van der Waals surface area contributed by atoms with Crippen molar-refractivity contribution in [2.75, 3.05) is 13.1 Å². The van der Waals surface area contributed by atoms with E-state index in [0.29, 0.717) is 24.0 Å². The number of nitrogens with zero attached hydrogens (tertiary/aromatic N) is 1. The second-order valence-corrected chi connectivity index (χ2v) is 10.0. The number of sulfonamides is 1. The van der Waals surface area contributed by atoms with Crippen molar-refractivity contribution in [3.63, 3.8) is 0 Å². The van der Waals surface area contributed by atoms with Crippen LogP contribution in [0.5, 0.6) is 0 Å². The highest BCUT2D eigenvalue weighted by Crippen LogP contribution is 2.44. The molecule has 2 aromatic rings. The van der Waals surface area contributed by atoms with E-state index in [4.69, 9.17) is 0 Å². The lowest BCUT2D eigenvalue weighted by molar-refractivity contribution is 0.0661. The van der Waals surface area contributed by atoms with Gasteiger partial charge in [-0.15, -0.1) is 0 Å². The molecule has 152 valence electrons. The molecule has 0 amide bonds. The highest BCUT2D eigenvalue weighted by atomic mass is 32.2. The van der Waals surface area contributed by atoms with Gasteiger partial charge in [0.1, 0.15) is 0 Å². The molecule has 1 aliphatic heterocycles. The Kier molecular flexibility index (Phi) is 5.19. The molecule has 5 nitrogen and oxygen atoms in total. The zero-order valence-corrected chi connectivity index (χ0v) is 17.2. The SMILES string of the molecule is Cc1ccc(S(=O)(=O)N2CC(C(=O)c3ccccc3)=CC3(CCCC3O)C2)cc1. The lowest BCUT2D eigenvalue weighted by Gasteiger charge is -2.40. The average Bonchev–Trinajstić information content (AvgIpc) is 3.07. The summed E-state index contributed by atoms with van der Waals surface area (Å²) in [5, 5.41) is 10.7. The van der Waals surface area contributed by atoms with Crippen LogP contribution in [0.15, 0.2) is 71.1 Å². The van der Waals surface area contributed by atoms with Gasteiger partial charge in [-0.25, -0.2) is 8.42 Å². The Morgan fingerprint density at radius 3 is 2.41 bits per heavy atom. The molecule has 29 heavy (non-hydrogen) atoms. The largest absolute Gasteiger partial charge is 0.392 e. The van der Waals surface area contributed by atoms with Crippen LogP contribution in [0.2, 0.25) is 0 Å². The monoisotopic (exact) mass is 411 g/mol. The van der Waals surface area contributed by atoms with Crippen LogP contribution in [0.1, 0.15) is 35.2 Å². The first-order valence-electron chi connectivity index (χ1n) is 9.88. The summed E-state index contributed by atoms with van der Waals surface area (Å²) in [4.78, 5) is 13.3. The summed E-state index contributed by atoms with van der Waals surface area (Å²) in [6.07, 6.45) is 3.28. The number of ketones is 1. The first kappa shape index (κ1) is 20.0. The van der Waals surface area contributed by atoms with Crippen LogP contribution in [0.25, 0.3) is 0 Å². The molecular formula is C23H25NO4S. The molecule has 0 saturated heterocycles. The predicted molar refractivity (Wildman–Crippen MR) is 111 cm³/mol. The molecule has 1 saturated carbocycles. The quantitative estimate of drug-likeness (QED) is 0.783. The number of hydrogen-bond acceptors (Lipinski definition) is 4. The Labute approximate surface area is 171 Å². The van der Waals surface area contributed by atoms with Crippen LogP contribution in [0.3, 0.4) is 0 Å². The second-order valence-electron chi connectivity index (χ2n) is 8.09. The maximum Gasteiger partial charge on any atom is 0.243 e. The van der Waals surface area contributed by atoms with E-state index in [1.165, 1.54) is 4.31 Å². The number of Topliss-reactive ketones (excluding diaryl/α,β-unsaturated/α-hetero) is 1. The van der Waals surface area contributed by atoms with E-state index in [0.717, 1.165) is 12.0 Å². The summed E-state index contributed by atoms with van der Waals surface area (Å²) in [6.45, 7) is 2.11. The van der Waals surface area contributed by atoms with E-state index in [1.54, 1.807) is 48.5 Å². The van der Waals surface area contributed by atoms with Crippen molar-refractivity contribution in [2.45, 2.75) is 37.2 Å². The molecule has 2 unspecified atom stereocenters. The van der Waals surface area contributed by atoms with E-state index in [9.17, 15) is 18.3 Å². The molecule has 4 rings (SSSR count). The highest BCUT2D eigenvalue weighted by molar-refractivity contribution is 7.89. The number of benzene rings is 2. The molecule has 1 fully saturated rings. The summed E-state index contributed by atoms with van der Waals surface area (Å²) in [5.41, 5.74) is 1.22. The zero-order chi connectivity index (χ0) is 20.6. The van der Waals surface area contributed by atoms with Gasteiger partial charge >= 0.3 is 0 Å². The molecule has 2 atom stereocenters. The van der Waals surface area contributed by atoms with Crippen molar-refractivity contribution in [2.24, 2.45) is 5.41 Å². The van der Waals surface area contributed by atoms with Crippen LogP contribution in [-0.4, -0.2) is 42.8 Å². The van der Waals surface area contributed by atoms with Crippen molar-refractivity contribution in [1.82, 2.24) is 4.31 Å². The lowest BCUT2D eigenvalue weighted by atomic mass is 9.79. The third kappa shape index (κ3) is 3.68. The molecule has 2 aromatic carbocycles. The van der Waals surface area contributed by atoms with Gasteiger partial charge in [0.15, 0.2) is 5.78 Å². The van der Waals surface area contributed by atoms with E-state index in [2.05, 4.69) is 0 Å².